The highest BCUT2D eigenvalue weighted by atomic mass is 16.5. The van der Waals surface area contributed by atoms with E-state index in [4.69, 9.17) is 4.52 Å². The summed E-state index contributed by atoms with van der Waals surface area (Å²) >= 11 is 0. The predicted molar refractivity (Wildman–Crippen MR) is 108 cm³/mol. The van der Waals surface area contributed by atoms with Gasteiger partial charge >= 0.3 is 0 Å². The van der Waals surface area contributed by atoms with E-state index in [1.165, 1.54) is 36.1 Å². The van der Waals surface area contributed by atoms with E-state index in [2.05, 4.69) is 20.7 Å². The van der Waals surface area contributed by atoms with Crippen molar-refractivity contribution < 1.29 is 14.1 Å². The minimum absolute atomic E-state index is 0.0167. The normalized spacial score (nSPS) is 15.7. The Balaban J connectivity index is 1.60. The highest BCUT2D eigenvalue weighted by molar-refractivity contribution is 5.94. The van der Waals surface area contributed by atoms with E-state index in [-0.39, 0.29) is 24.0 Å². The summed E-state index contributed by atoms with van der Waals surface area (Å²) < 4.78 is 6.09. The second kappa shape index (κ2) is 9.51. The van der Waals surface area contributed by atoms with Gasteiger partial charge in [-0.15, -0.1) is 0 Å². The van der Waals surface area contributed by atoms with E-state index in [1.807, 2.05) is 6.92 Å². The average molecular weight is 401 g/mol. The molecule has 0 aromatic carbocycles. The van der Waals surface area contributed by atoms with Crippen LogP contribution in [-0.4, -0.2) is 52.1 Å². The van der Waals surface area contributed by atoms with Crippen molar-refractivity contribution in [1.82, 2.24) is 19.9 Å². The third kappa shape index (κ3) is 5.77. The third-order valence-electron chi connectivity index (χ3n) is 4.83. The fourth-order valence-corrected chi connectivity index (χ4v) is 3.47. The number of aryl methyl sites for hydroxylation is 1. The number of likely N-dealkylation sites (tertiary alicyclic amines) is 1. The van der Waals surface area contributed by atoms with Crippen LogP contribution in [0.2, 0.25) is 0 Å². The Hall–Kier alpha value is -2.94. The molecule has 0 unspecified atom stereocenters. The molecule has 0 bridgehead atoms. The zero-order chi connectivity index (χ0) is 20.8. The number of carbonyl (C=O) groups is 2. The molecule has 2 aromatic rings. The van der Waals surface area contributed by atoms with Gasteiger partial charge in [-0.25, -0.2) is 0 Å². The van der Waals surface area contributed by atoms with Crippen LogP contribution in [0.4, 0.5) is 5.82 Å². The minimum Gasteiger partial charge on any atom is -0.360 e. The molecule has 1 fully saturated rings. The molecule has 9 heteroatoms. The van der Waals surface area contributed by atoms with Crippen molar-refractivity contribution in [3.63, 3.8) is 0 Å². The molecule has 3 rings (SSSR count). The molecule has 3 heterocycles. The smallest absolute Gasteiger partial charge is 0.263 e. The molecular formula is C20H27N5O4. The number of nitrogens with one attached hydrogen (secondary N) is 2. The lowest BCUT2D eigenvalue weighted by molar-refractivity contribution is -0.116. The first-order valence-corrected chi connectivity index (χ1v) is 9.88. The van der Waals surface area contributed by atoms with Gasteiger partial charge in [-0.3, -0.25) is 14.4 Å². The van der Waals surface area contributed by atoms with Gasteiger partial charge in [0.25, 0.3) is 11.5 Å². The Morgan fingerprint density at radius 3 is 2.72 bits per heavy atom. The second-order valence-corrected chi connectivity index (χ2v) is 7.46. The van der Waals surface area contributed by atoms with Gasteiger partial charge < -0.3 is 24.6 Å². The molecule has 9 nitrogen and oxygen atoms in total. The minimum atomic E-state index is -0.512. The second-order valence-electron chi connectivity index (χ2n) is 7.46. The summed E-state index contributed by atoms with van der Waals surface area (Å²) in [5.74, 6) is -0.0198. The summed E-state index contributed by atoms with van der Waals surface area (Å²) in [6.07, 6.45) is 5.09. The Labute approximate surface area is 169 Å². The maximum atomic E-state index is 12.7. The van der Waals surface area contributed by atoms with Crippen molar-refractivity contribution in [1.29, 1.82) is 0 Å². The first-order valence-electron chi connectivity index (χ1n) is 9.88. The van der Waals surface area contributed by atoms with Gasteiger partial charge in [0.15, 0.2) is 5.82 Å². The Kier molecular flexibility index (Phi) is 6.82. The number of hydrogen-bond acceptors (Lipinski definition) is 6. The molecule has 156 valence electrons. The van der Waals surface area contributed by atoms with E-state index in [1.54, 1.807) is 19.1 Å². The number of hydrogen-bond donors (Lipinski definition) is 2. The summed E-state index contributed by atoms with van der Waals surface area (Å²) in [6.45, 7) is 6.25. The fourth-order valence-electron chi connectivity index (χ4n) is 3.47. The predicted octanol–water partition coefficient (Wildman–Crippen LogP) is 1.39. The van der Waals surface area contributed by atoms with Crippen molar-refractivity contribution in [2.75, 3.05) is 25.0 Å². The number of amides is 2. The zero-order valence-electron chi connectivity index (χ0n) is 16.8. The van der Waals surface area contributed by atoms with E-state index >= 15 is 0 Å². The fraction of sp³-hybridized carbons (Fsp3) is 0.500. The van der Waals surface area contributed by atoms with E-state index in [0.717, 1.165) is 19.6 Å². The summed E-state index contributed by atoms with van der Waals surface area (Å²) in [7, 11) is 0. The lowest BCUT2D eigenvalue weighted by Crippen LogP contribution is -2.45. The molecule has 0 radical (unpaired) electrons. The largest absolute Gasteiger partial charge is 0.360 e. The van der Waals surface area contributed by atoms with Crippen LogP contribution >= 0.6 is 0 Å². The van der Waals surface area contributed by atoms with Crippen molar-refractivity contribution in [3.8, 4) is 0 Å². The van der Waals surface area contributed by atoms with Crippen molar-refractivity contribution in [3.05, 3.63) is 46.1 Å². The van der Waals surface area contributed by atoms with Crippen LogP contribution in [0.3, 0.4) is 0 Å². The number of piperidine rings is 1. The van der Waals surface area contributed by atoms with Gasteiger partial charge in [-0.1, -0.05) is 11.6 Å². The Morgan fingerprint density at radius 2 is 2.03 bits per heavy atom. The van der Waals surface area contributed by atoms with Crippen LogP contribution < -0.4 is 16.2 Å². The van der Waals surface area contributed by atoms with Crippen LogP contribution in [0.15, 0.2) is 33.7 Å². The number of rotatable bonds is 7. The highest BCUT2D eigenvalue weighted by Crippen LogP contribution is 2.09. The molecule has 0 spiro atoms. The van der Waals surface area contributed by atoms with Crippen molar-refractivity contribution in [2.24, 2.45) is 0 Å². The molecule has 0 saturated carbocycles. The number of aromatic nitrogens is 2. The average Bonchev–Trinajstić information content (AvgIpc) is 3.08. The summed E-state index contributed by atoms with van der Waals surface area (Å²) in [5.41, 5.74) is -0.496. The number of anilines is 1. The molecular weight excluding hydrogens is 374 g/mol. The summed E-state index contributed by atoms with van der Waals surface area (Å²) in [4.78, 5) is 39.7. The van der Waals surface area contributed by atoms with Gasteiger partial charge in [0.2, 0.25) is 5.91 Å². The zero-order valence-corrected chi connectivity index (χ0v) is 16.8. The molecule has 1 aliphatic heterocycles. The quantitative estimate of drug-likeness (QED) is 0.726. The van der Waals surface area contributed by atoms with Crippen LogP contribution in [0.25, 0.3) is 0 Å². The standard InChI is InChI=1S/C20H27N5O4/c1-14(12-24-8-4-3-5-9-24)21-19(27)16-7-6-10-25(20(16)28)13-18(26)22-17-11-15(2)29-23-17/h6-7,10-11,14H,3-5,8-9,12-13H2,1-2H3,(H,21,27)(H,22,23,26)/t14-/m1/s1. The van der Waals surface area contributed by atoms with Crippen molar-refractivity contribution >= 4 is 17.6 Å². The lowest BCUT2D eigenvalue weighted by atomic mass is 10.1. The first-order chi connectivity index (χ1) is 13.9. The molecule has 29 heavy (non-hydrogen) atoms. The SMILES string of the molecule is Cc1cc(NC(=O)Cn2cccc(C(=O)N[C@H](C)CN3CCCCC3)c2=O)no1. The third-order valence-corrected chi connectivity index (χ3v) is 4.83. The molecule has 2 amide bonds. The monoisotopic (exact) mass is 401 g/mol. The summed E-state index contributed by atoms with van der Waals surface area (Å²) in [5, 5.41) is 9.13. The highest BCUT2D eigenvalue weighted by Gasteiger charge is 2.18. The van der Waals surface area contributed by atoms with Crippen LogP contribution in [-0.2, 0) is 11.3 Å². The molecule has 2 N–H and O–H groups in total. The van der Waals surface area contributed by atoms with Crippen LogP contribution in [0, 0.1) is 6.92 Å². The number of nitrogens with zero attached hydrogens (tertiary/aromatic N) is 3. The molecule has 0 aliphatic carbocycles. The number of pyridine rings is 1. The van der Waals surface area contributed by atoms with E-state index in [9.17, 15) is 14.4 Å². The molecule has 1 atom stereocenters. The Bertz CT molecular complexity index is 914. The van der Waals surface area contributed by atoms with Gasteiger partial charge in [-0.2, -0.15) is 0 Å². The topological polar surface area (TPSA) is 109 Å². The molecule has 1 saturated heterocycles. The Morgan fingerprint density at radius 1 is 1.28 bits per heavy atom. The maximum absolute atomic E-state index is 12.7. The van der Waals surface area contributed by atoms with Gasteiger partial charge in [0.05, 0.1) is 0 Å². The van der Waals surface area contributed by atoms with E-state index < -0.39 is 17.4 Å². The summed E-state index contributed by atoms with van der Waals surface area (Å²) in [6, 6.07) is 4.56. The lowest BCUT2D eigenvalue weighted by Gasteiger charge is -2.29. The van der Waals surface area contributed by atoms with Crippen molar-refractivity contribution in [2.45, 2.75) is 45.7 Å². The van der Waals surface area contributed by atoms with Gasteiger partial charge in [0.1, 0.15) is 17.9 Å². The van der Waals surface area contributed by atoms with Crippen LogP contribution in [0.1, 0.15) is 42.3 Å². The van der Waals surface area contributed by atoms with Crippen LogP contribution in [0.5, 0.6) is 0 Å². The maximum Gasteiger partial charge on any atom is 0.263 e. The molecule has 2 aromatic heterocycles. The first kappa shape index (κ1) is 20.8. The van der Waals surface area contributed by atoms with Gasteiger partial charge in [0, 0.05) is 24.8 Å². The molecule has 1 aliphatic rings. The van der Waals surface area contributed by atoms with E-state index in [0.29, 0.717) is 5.76 Å². The van der Waals surface area contributed by atoms with Gasteiger partial charge in [-0.05, 0) is 51.9 Å². The number of carbonyl (C=O) groups excluding carboxylic acids is 2.